The van der Waals surface area contributed by atoms with Crippen LogP contribution in [0.2, 0.25) is 0 Å². The van der Waals surface area contributed by atoms with Crippen LogP contribution >= 0.6 is 11.8 Å². The van der Waals surface area contributed by atoms with Crippen LogP contribution in [-0.4, -0.2) is 24.5 Å². The van der Waals surface area contributed by atoms with Crippen molar-refractivity contribution in [3.05, 3.63) is 23.6 Å². The Balaban J connectivity index is 2.17. The lowest BCUT2D eigenvalue weighted by molar-refractivity contribution is 0.112. The first kappa shape index (κ1) is 12.3. The van der Waals surface area contributed by atoms with E-state index in [1.54, 1.807) is 6.08 Å². The maximum Gasteiger partial charge on any atom is 0.283 e. The topological polar surface area (TPSA) is 38.3 Å². The number of thioether (sulfide) groups is 1. The highest BCUT2D eigenvalue weighted by Crippen LogP contribution is 2.16. The molecule has 0 aromatic carbocycles. The fourth-order valence-corrected chi connectivity index (χ4v) is 2.00. The molecule has 1 saturated heterocycles. The van der Waals surface area contributed by atoms with Gasteiger partial charge in [0.05, 0.1) is 6.10 Å². The molecule has 1 aliphatic rings. The largest absolute Gasteiger partial charge is 0.376 e. The quantitative estimate of drug-likeness (QED) is 0.750. The van der Waals surface area contributed by atoms with Crippen LogP contribution in [0.15, 0.2) is 23.6 Å². The van der Waals surface area contributed by atoms with Gasteiger partial charge in [-0.2, -0.15) is 0 Å². The maximum atomic E-state index is 11.4. The van der Waals surface area contributed by atoms with Gasteiger partial charge in [0.1, 0.15) is 0 Å². The Morgan fingerprint density at radius 3 is 3.13 bits per heavy atom. The molecule has 0 bridgehead atoms. The van der Waals surface area contributed by atoms with Crippen molar-refractivity contribution in [3.63, 3.8) is 0 Å². The lowest BCUT2D eigenvalue weighted by Crippen LogP contribution is -2.28. The van der Waals surface area contributed by atoms with Gasteiger partial charge in [-0.15, -0.1) is 0 Å². The standard InChI is InChI=1S/C11H17NO2S/c1-3-5-9(2)15-11(13)12-8-10-6-4-7-14-10/h3,5,10H,1,4,6-8H2,2H3,(H,12,13)/b9-5-. The van der Waals surface area contributed by atoms with Gasteiger partial charge in [-0.3, -0.25) is 4.79 Å². The number of hydrogen-bond donors (Lipinski definition) is 1. The van der Waals surface area contributed by atoms with Crippen molar-refractivity contribution in [2.75, 3.05) is 13.2 Å². The summed E-state index contributed by atoms with van der Waals surface area (Å²) in [5, 5.41) is 2.81. The predicted octanol–water partition coefficient (Wildman–Crippen LogP) is 2.70. The van der Waals surface area contributed by atoms with Crippen molar-refractivity contribution in [1.82, 2.24) is 5.32 Å². The van der Waals surface area contributed by atoms with E-state index in [9.17, 15) is 4.79 Å². The summed E-state index contributed by atoms with van der Waals surface area (Å²) in [6.45, 7) is 6.90. The molecule has 1 rings (SSSR count). The van der Waals surface area contributed by atoms with Gasteiger partial charge >= 0.3 is 0 Å². The molecule has 0 aromatic heterocycles. The summed E-state index contributed by atoms with van der Waals surface area (Å²) >= 11 is 1.19. The molecule has 1 unspecified atom stereocenters. The van der Waals surface area contributed by atoms with Gasteiger partial charge in [-0.1, -0.05) is 18.7 Å². The zero-order valence-electron chi connectivity index (χ0n) is 8.99. The molecule has 0 saturated carbocycles. The summed E-state index contributed by atoms with van der Waals surface area (Å²) in [7, 11) is 0. The van der Waals surface area contributed by atoms with E-state index in [2.05, 4.69) is 11.9 Å². The Kier molecular flexibility index (Phi) is 5.50. The second-order valence-corrected chi connectivity index (χ2v) is 4.64. The fraction of sp³-hybridized carbons (Fsp3) is 0.545. The molecule has 0 spiro atoms. The summed E-state index contributed by atoms with van der Waals surface area (Å²) in [5.41, 5.74) is 0. The van der Waals surface area contributed by atoms with Crippen LogP contribution in [-0.2, 0) is 4.74 Å². The average Bonchev–Trinajstić information content (AvgIpc) is 2.67. The molecule has 1 amide bonds. The molecule has 0 radical (unpaired) electrons. The SMILES string of the molecule is C=C/C=C(/C)SC(=O)NCC1CCCO1. The first-order valence-corrected chi connectivity index (χ1v) is 5.90. The third kappa shape index (κ3) is 5.04. The molecule has 4 heteroatoms. The third-order valence-corrected chi connectivity index (χ3v) is 2.89. The second-order valence-electron chi connectivity index (χ2n) is 3.42. The molecule has 1 atom stereocenters. The van der Waals surface area contributed by atoms with Gasteiger partial charge in [0.25, 0.3) is 5.24 Å². The highest BCUT2D eigenvalue weighted by molar-refractivity contribution is 8.16. The molecule has 84 valence electrons. The zero-order chi connectivity index (χ0) is 11.1. The highest BCUT2D eigenvalue weighted by atomic mass is 32.2. The molecule has 0 aromatic rings. The first-order chi connectivity index (χ1) is 7.22. The molecule has 3 nitrogen and oxygen atoms in total. The van der Waals surface area contributed by atoms with Crippen LogP contribution in [0.1, 0.15) is 19.8 Å². The van der Waals surface area contributed by atoms with Crippen molar-refractivity contribution in [1.29, 1.82) is 0 Å². The molecular weight excluding hydrogens is 210 g/mol. The summed E-state index contributed by atoms with van der Waals surface area (Å²) in [6, 6.07) is 0. The number of ether oxygens (including phenoxy) is 1. The smallest absolute Gasteiger partial charge is 0.283 e. The molecule has 1 N–H and O–H groups in total. The van der Waals surface area contributed by atoms with Gasteiger partial charge in [0.15, 0.2) is 0 Å². The Labute approximate surface area is 95.0 Å². The Morgan fingerprint density at radius 2 is 2.53 bits per heavy atom. The van der Waals surface area contributed by atoms with Crippen LogP contribution in [0, 0.1) is 0 Å². The minimum Gasteiger partial charge on any atom is -0.376 e. The average molecular weight is 227 g/mol. The van der Waals surface area contributed by atoms with E-state index in [0.29, 0.717) is 6.54 Å². The Morgan fingerprint density at radius 1 is 1.73 bits per heavy atom. The van der Waals surface area contributed by atoms with E-state index in [0.717, 1.165) is 24.4 Å². The Hall–Kier alpha value is -0.740. The highest BCUT2D eigenvalue weighted by Gasteiger charge is 2.16. The first-order valence-electron chi connectivity index (χ1n) is 5.09. The number of carbonyl (C=O) groups is 1. The van der Waals surface area contributed by atoms with Gasteiger partial charge in [-0.25, -0.2) is 0 Å². The summed E-state index contributed by atoms with van der Waals surface area (Å²) in [6.07, 6.45) is 5.85. The van der Waals surface area contributed by atoms with Crippen molar-refractivity contribution < 1.29 is 9.53 Å². The normalized spacial score (nSPS) is 21.4. The molecule has 1 aliphatic heterocycles. The van der Waals surface area contributed by atoms with Gasteiger partial charge in [0, 0.05) is 13.2 Å². The minimum absolute atomic E-state index is 0.0268. The lowest BCUT2D eigenvalue weighted by atomic mass is 10.2. The number of hydrogen-bond acceptors (Lipinski definition) is 3. The summed E-state index contributed by atoms with van der Waals surface area (Å²) < 4.78 is 5.40. The minimum atomic E-state index is -0.0268. The number of nitrogens with one attached hydrogen (secondary N) is 1. The van der Waals surface area contributed by atoms with Crippen LogP contribution in [0.4, 0.5) is 4.79 Å². The molecular formula is C11H17NO2S. The van der Waals surface area contributed by atoms with Crippen molar-refractivity contribution in [2.24, 2.45) is 0 Å². The van der Waals surface area contributed by atoms with Crippen LogP contribution in [0.5, 0.6) is 0 Å². The lowest BCUT2D eigenvalue weighted by Gasteiger charge is -2.10. The Bertz CT molecular complexity index is 257. The van der Waals surface area contributed by atoms with Gasteiger partial charge < -0.3 is 10.1 Å². The zero-order valence-corrected chi connectivity index (χ0v) is 9.81. The van der Waals surface area contributed by atoms with E-state index < -0.39 is 0 Å². The van der Waals surface area contributed by atoms with E-state index in [4.69, 9.17) is 4.74 Å². The molecule has 1 fully saturated rings. The van der Waals surface area contributed by atoms with E-state index in [1.807, 2.05) is 13.0 Å². The van der Waals surface area contributed by atoms with E-state index >= 15 is 0 Å². The second kappa shape index (κ2) is 6.69. The number of carbonyl (C=O) groups excluding carboxylic acids is 1. The summed E-state index contributed by atoms with van der Waals surface area (Å²) in [4.78, 5) is 12.3. The van der Waals surface area contributed by atoms with Gasteiger partial charge in [0.2, 0.25) is 0 Å². The fourth-order valence-electron chi connectivity index (χ4n) is 1.38. The number of rotatable bonds is 4. The van der Waals surface area contributed by atoms with Gasteiger partial charge in [-0.05, 0) is 36.4 Å². The van der Waals surface area contributed by atoms with E-state index in [1.165, 1.54) is 11.8 Å². The summed E-state index contributed by atoms with van der Waals surface area (Å²) in [5.74, 6) is 0. The van der Waals surface area contributed by atoms with E-state index in [-0.39, 0.29) is 11.3 Å². The third-order valence-electron chi connectivity index (χ3n) is 2.10. The number of allylic oxidation sites excluding steroid dienone is 3. The maximum absolute atomic E-state index is 11.4. The van der Waals surface area contributed by atoms with Crippen molar-refractivity contribution in [3.8, 4) is 0 Å². The molecule has 15 heavy (non-hydrogen) atoms. The monoisotopic (exact) mass is 227 g/mol. The van der Waals surface area contributed by atoms with Crippen LogP contribution < -0.4 is 5.32 Å². The molecule has 0 aliphatic carbocycles. The van der Waals surface area contributed by atoms with Crippen LogP contribution in [0.25, 0.3) is 0 Å². The van der Waals surface area contributed by atoms with Crippen LogP contribution in [0.3, 0.4) is 0 Å². The van der Waals surface area contributed by atoms with Crippen molar-refractivity contribution in [2.45, 2.75) is 25.9 Å². The van der Waals surface area contributed by atoms with Crippen molar-refractivity contribution >= 4 is 17.0 Å². The number of amides is 1. The molecule has 1 heterocycles. The predicted molar refractivity (Wildman–Crippen MR) is 63.9 cm³/mol.